The standard InChI is InChI=1S/C15H19BrN4O/c1-3-17-7-8-18-15(21)14-10-19-20(11(14)2)13-6-4-5-12(16)9-13/h4-6,9-10,17H,3,7-8H2,1-2H3,(H,18,21). The molecule has 1 amide bonds. The highest BCUT2D eigenvalue weighted by Gasteiger charge is 2.14. The summed E-state index contributed by atoms with van der Waals surface area (Å²) in [4.78, 5) is 12.1. The van der Waals surface area contributed by atoms with Gasteiger partial charge in [0.2, 0.25) is 0 Å². The number of aromatic nitrogens is 2. The minimum Gasteiger partial charge on any atom is -0.351 e. The molecule has 0 unspecified atom stereocenters. The van der Waals surface area contributed by atoms with E-state index in [9.17, 15) is 4.79 Å². The van der Waals surface area contributed by atoms with Crippen LogP contribution < -0.4 is 10.6 Å². The first-order chi connectivity index (χ1) is 10.1. The van der Waals surface area contributed by atoms with Crippen LogP contribution in [-0.4, -0.2) is 35.3 Å². The van der Waals surface area contributed by atoms with Crippen LogP contribution in [0, 0.1) is 6.92 Å². The van der Waals surface area contributed by atoms with Crippen molar-refractivity contribution in [2.24, 2.45) is 0 Å². The third kappa shape index (κ3) is 3.92. The summed E-state index contributed by atoms with van der Waals surface area (Å²) in [7, 11) is 0. The lowest BCUT2D eigenvalue weighted by Gasteiger charge is -2.07. The lowest BCUT2D eigenvalue weighted by molar-refractivity contribution is 0.0953. The third-order valence-electron chi connectivity index (χ3n) is 3.14. The van der Waals surface area contributed by atoms with Gasteiger partial charge in [-0.1, -0.05) is 28.9 Å². The van der Waals surface area contributed by atoms with E-state index in [1.165, 1.54) is 0 Å². The fourth-order valence-corrected chi connectivity index (χ4v) is 2.42. The monoisotopic (exact) mass is 350 g/mol. The van der Waals surface area contributed by atoms with Gasteiger partial charge in [0.25, 0.3) is 5.91 Å². The van der Waals surface area contributed by atoms with Gasteiger partial charge in [-0.05, 0) is 31.7 Å². The molecule has 0 saturated heterocycles. The fraction of sp³-hybridized carbons (Fsp3) is 0.333. The quantitative estimate of drug-likeness (QED) is 0.785. The van der Waals surface area contributed by atoms with Gasteiger partial charge in [0.1, 0.15) is 0 Å². The minimum absolute atomic E-state index is 0.0911. The van der Waals surface area contributed by atoms with E-state index < -0.39 is 0 Å². The summed E-state index contributed by atoms with van der Waals surface area (Å²) in [5, 5.41) is 10.4. The first-order valence-corrected chi connectivity index (χ1v) is 7.72. The molecular weight excluding hydrogens is 332 g/mol. The lowest BCUT2D eigenvalue weighted by Crippen LogP contribution is -2.31. The molecule has 0 spiro atoms. The Morgan fingerprint density at radius 2 is 2.19 bits per heavy atom. The molecule has 2 aromatic rings. The summed E-state index contributed by atoms with van der Waals surface area (Å²) < 4.78 is 2.75. The van der Waals surface area contributed by atoms with E-state index in [1.54, 1.807) is 10.9 Å². The summed E-state index contributed by atoms with van der Waals surface area (Å²) in [6.45, 7) is 6.20. The molecule has 21 heavy (non-hydrogen) atoms. The number of amides is 1. The Bertz CT molecular complexity index is 624. The summed E-state index contributed by atoms with van der Waals surface area (Å²) in [6.07, 6.45) is 1.61. The van der Waals surface area contributed by atoms with Crippen LogP contribution in [-0.2, 0) is 0 Å². The molecular formula is C15H19BrN4O. The SMILES string of the molecule is CCNCCNC(=O)c1cnn(-c2cccc(Br)c2)c1C. The Balaban J connectivity index is 2.11. The maximum Gasteiger partial charge on any atom is 0.254 e. The second-order valence-corrected chi connectivity index (χ2v) is 5.56. The van der Waals surface area contributed by atoms with Crippen LogP contribution in [0.1, 0.15) is 23.0 Å². The molecule has 0 bridgehead atoms. The van der Waals surface area contributed by atoms with Gasteiger partial charge in [0.05, 0.1) is 23.1 Å². The van der Waals surface area contributed by atoms with Crippen molar-refractivity contribution in [1.29, 1.82) is 0 Å². The molecule has 2 N–H and O–H groups in total. The van der Waals surface area contributed by atoms with Crippen molar-refractivity contribution < 1.29 is 4.79 Å². The van der Waals surface area contributed by atoms with Crippen LogP contribution in [0.5, 0.6) is 0 Å². The molecule has 1 aromatic heterocycles. The molecule has 0 fully saturated rings. The van der Waals surface area contributed by atoms with E-state index in [1.807, 2.05) is 38.1 Å². The Morgan fingerprint density at radius 3 is 2.90 bits per heavy atom. The largest absolute Gasteiger partial charge is 0.351 e. The molecule has 0 aliphatic rings. The number of hydrogen-bond donors (Lipinski definition) is 2. The Labute approximate surface area is 132 Å². The lowest BCUT2D eigenvalue weighted by atomic mass is 10.2. The van der Waals surface area contributed by atoms with Gasteiger partial charge in [-0.15, -0.1) is 0 Å². The van der Waals surface area contributed by atoms with Crippen LogP contribution >= 0.6 is 15.9 Å². The predicted octanol–water partition coefficient (Wildman–Crippen LogP) is 2.28. The maximum absolute atomic E-state index is 12.1. The Morgan fingerprint density at radius 1 is 1.38 bits per heavy atom. The summed E-state index contributed by atoms with van der Waals surface area (Å²) in [5.41, 5.74) is 2.36. The molecule has 1 aromatic carbocycles. The number of hydrogen-bond acceptors (Lipinski definition) is 3. The van der Waals surface area contributed by atoms with Crippen molar-refractivity contribution >= 4 is 21.8 Å². The number of rotatable bonds is 6. The second-order valence-electron chi connectivity index (χ2n) is 4.64. The van der Waals surface area contributed by atoms with Gasteiger partial charge in [0.15, 0.2) is 0 Å². The third-order valence-corrected chi connectivity index (χ3v) is 3.64. The van der Waals surface area contributed by atoms with E-state index in [4.69, 9.17) is 0 Å². The number of likely N-dealkylation sites (N-methyl/N-ethyl adjacent to an activating group) is 1. The number of nitrogens with zero attached hydrogens (tertiary/aromatic N) is 2. The summed E-state index contributed by atoms with van der Waals surface area (Å²) >= 11 is 3.44. The zero-order valence-corrected chi connectivity index (χ0v) is 13.8. The summed E-state index contributed by atoms with van der Waals surface area (Å²) in [6, 6.07) is 7.82. The molecule has 1 heterocycles. The van der Waals surface area contributed by atoms with Crippen molar-refractivity contribution in [2.45, 2.75) is 13.8 Å². The number of carbonyl (C=O) groups excluding carboxylic acids is 1. The van der Waals surface area contributed by atoms with Crippen molar-refractivity contribution in [3.8, 4) is 5.69 Å². The topological polar surface area (TPSA) is 58.9 Å². The van der Waals surface area contributed by atoms with Crippen LogP contribution in [0.3, 0.4) is 0 Å². The normalized spacial score (nSPS) is 10.6. The second kappa shape index (κ2) is 7.38. The average Bonchev–Trinajstić information content (AvgIpc) is 2.85. The first-order valence-electron chi connectivity index (χ1n) is 6.93. The molecule has 0 radical (unpaired) electrons. The van der Waals surface area contributed by atoms with Crippen LogP contribution in [0.15, 0.2) is 34.9 Å². The van der Waals surface area contributed by atoms with Gasteiger partial charge in [-0.25, -0.2) is 4.68 Å². The number of carbonyl (C=O) groups is 1. The molecule has 0 aliphatic heterocycles. The van der Waals surface area contributed by atoms with Crippen molar-refractivity contribution in [3.63, 3.8) is 0 Å². The predicted molar refractivity (Wildman–Crippen MR) is 86.9 cm³/mol. The smallest absolute Gasteiger partial charge is 0.254 e. The van der Waals surface area contributed by atoms with E-state index in [2.05, 4.69) is 31.7 Å². The van der Waals surface area contributed by atoms with Crippen LogP contribution in [0.2, 0.25) is 0 Å². The zero-order valence-electron chi connectivity index (χ0n) is 12.2. The van der Waals surface area contributed by atoms with E-state index in [0.717, 1.165) is 28.9 Å². The highest BCUT2D eigenvalue weighted by Crippen LogP contribution is 2.18. The molecule has 2 rings (SSSR count). The van der Waals surface area contributed by atoms with Gasteiger partial charge in [-0.3, -0.25) is 4.79 Å². The van der Waals surface area contributed by atoms with Crippen molar-refractivity contribution in [3.05, 3.63) is 46.2 Å². The zero-order chi connectivity index (χ0) is 15.2. The van der Waals surface area contributed by atoms with E-state index >= 15 is 0 Å². The molecule has 112 valence electrons. The maximum atomic E-state index is 12.1. The van der Waals surface area contributed by atoms with Crippen LogP contribution in [0.4, 0.5) is 0 Å². The molecule has 0 atom stereocenters. The Hall–Kier alpha value is -1.66. The highest BCUT2D eigenvalue weighted by atomic mass is 79.9. The van der Waals surface area contributed by atoms with Gasteiger partial charge in [0, 0.05) is 17.6 Å². The fourth-order valence-electron chi connectivity index (χ4n) is 2.04. The number of halogens is 1. The van der Waals surface area contributed by atoms with Crippen molar-refractivity contribution in [2.75, 3.05) is 19.6 Å². The highest BCUT2D eigenvalue weighted by molar-refractivity contribution is 9.10. The summed E-state index contributed by atoms with van der Waals surface area (Å²) in [5.74, 6) is -0.0911. The van der Waals surface area contributed by atoms with Gasteiger partial charge >= 0.3 is 0 Å². The van der Waals surface area contributed by atoms with Crippen molar-refractivity contribution in [1.82, 2.24) is 20.4 Å². The molecule has 0 saturated carbocycles. The van der Waals surface area contributed by atoms with Crippen LogP contribution in [0.25, 0.3) is 5.69 Å². The van der Waals surface area contributed by atoms with Gasteiger partial charge < -0.3 is 10.6 Å². The average molecular weight is 351 g/mol. The number of benzene rings is 1. The first kappa shape index (κ1) is 15.7. The molecule has 0 aliphatic carbocycles. The molecule has 6 heteroatoms. The number of nitrogens with one attached hydrogen (secondary N) is 2. The van der Waals surface area contributed by atoms with E-state index in [0.29, 0.717) is 12.1 Å². The van der Waals surface area contributed by atoms with Gasteiger partial charge in [-0.2, -0.15) is 5.10 Å². The van der Waals surface area contributed by atoms with E-state index in [-0.39, 0.29) is 5.91 Å². The molecule has 5 nitrogen and oxygen atoms in total. The minimum atomic E-state index is -0.0911. The Kier molecular flexibility index (Phi) is 5.52.